The Balaban J connectivity index is 0.00000338. The number of ether oxygens (including phenoxy) is 1. The molecule has 2 fully saturated rings. The van der Waals surface area contributed by atoms with Gasteiger partial charge in [0.05, 0.1) is 11.8 Å². The first-order chi connectivity index (χ1) is 11.4. The SMILES string of the molecule is CN=C(NCC1(CS(C)(=O)=O)CC1)NC1CN(C(=O)OC(C)(C)C)C1.I. The standard InChI is InChI=1S/C16H30N4O4S.HI/c1-15(2,3)24-14(21)20-8-12(9-20)19-13(17-4)18-10-16(6-7-16)11-25(5,22)23;/h12H,6-11H2,1-5H3,(H2,17,18,19);1H. The lowest BCUT2D eigenvalue weighted by Gasteiger charge is -2.40. The average molecular weight is 502 g/mol. The molecular formula is C16H31IN4O4S. The van der Waals surface area contributed by atoms with Crippen molar-refractivity contribution in [3.05, 3.63) is 0 Å². The molecule has 0 spiro atoms. The summed E-state index contributed by atoms with van der Waals surface area (Å²) in [5.41, 5.74) is -0.654. The number of rotatable bonds is 5. The van der Waals surface area contributed by atoms with E-state index in [4.69, 9.17) is 4.74 Å². The molecule has 26 heavy (non-hydrogen) atoms. The largest absolute Gasteiger partial charge is 0.444 e. The predicted molar refractivity (Wildman–Crippen MR) is 113 cm³/mol. The van der Waals surface area contributed by atoms with Crippen molar-refractivity contribution >= 4 is 45.9 Å². The van der Waals surface area contributed by atoms with Gasteiger partial charge in [0.25, 0.3) is 0 Å². The van der Waals surface area contributed by atoms with E-state index in [0.717, 1.165) is 12.8 Å². The second-order valence-corrected chi connectivity index (χ2v) is 10.4. The Kier molecular flexibility index (Phi) is 7.59. The zero-order valence-corrected chi connectivity index (χ0v) is 19.3. The molecule has 1 saturated carbocycles. The summed E-state index contributed by atoms with van der Waals surface area (Å²) in [5, 5.41) is 6.47. The highest BCUT2D eigenvalue weighted by Crippen LogP contribution is 2.45. The maximum atomic E-state index is 11.9. The van der Waals surface area contributed by atoms with Crippen LogP contribution in [0.3, 0.4) is 0 Å². The molecule has 152 valence electrons. The average Bonchev–Trinajstić information content (AvgIpc) is 3.12. The van der Waals surface area contributed by atoms with Crippen molar-refractivity contribution in [3.8, 4) is 0 Å². The van der Waals surface area contributed by atoms with Gasteiger partial charge in [0.15, 0.2) is 5.96 Å². The van der Waals surface area contributed by atoms with Gasteiger partial charge >= 0.3 is 6.09 Å². The van der Waals surface area contributed by atoms with Crippen molar-refractivity contribution < 1.29 is 17.9 Å². The number of hydrogen-bond donors (Lipinski definition) is 2. The molecule has 1 heterocycles. The minimum absolute atomic E-state index is 0. The maximum absolute atomic E-state index is 11.9. The number of aliphatic imine (C=N–C) groups is 1. The molecule has 0 unspecified atom stereocenters. The zero-order chi connectivity index (χ0) is 18.9. The Bertz CT molecular complexity index is 635. The van der Waals surface area contributed by atoms with Gasteiger partial charge in [-0.15, -0.1) is 24.0 Å². The topological polar surface area (TPSA) is 100 Å². The number of carbonyl (C=O) groups is 1. The summed E-state index contributed by atoms with van der Waals surface area (Å²) < 4.78 is 28.3. The first kappa shape index (κ1) is 23.3. The van der Waals surface area contributed by atoms with E-state index in [1.165, 1.54) is 6.26 Å². The summed E-state index contributed by atoms with van der Waals surface area (Å²) in [7, 11) is -1.30. The third-order valence-electron chi connectivity index (χ3n) is 4.25. The van der Waals surface area contributed by atoms with Crippen LogP contribution in [0.5, 0.6) is 0 Å². The highest BCUT2D eigenvalue weighted by molar-refractivity contribution is 14.0. The van der Waals surface area contributed by atoms with Crippen molar-refractivity contribution in [3.63, 3.8) is 0 Å². The normalized spacial score (nSPS) is 19.9. The Hall–Kier alpha value is -0.780. The van der Waals surface area contributed by atoms with Crippen LogP contribution in [0, 0.1) is 5.41 Å². The molecule has 2 rings (SSSR count). The van der Waals surface area contributed by atoms with E-state index in [1.807, 2.05) is 20.8 Å². The molecule has 2 aliphatic rings. The molecule has 0 radical (unpaired) electrons. The number of guanidine groups is 1. The van der Waals surface area contributed by atoms with Gasteiger partial charge in [-0.3, -0.25) is 4.99 Å². The van der Waals surface area contributed by atoms with Crippen molar-refractivity contribution in [1.29, 1.82) is 0 Å². The van der Waals surface area contributed by atoms with Crippen LogP contribution in [0.15, 0.2) is 4.99 Å². The number of nitrogens with one attached hydrogen (secondary N) is 2. The summed E-state index contributed by atoms with van der Waals surface area (Å²) in [5.74, 6) is 0.841. The van der Waals surface area contributed by atoms with E-state index >= 15 is 0 Å². The van der Waals surface area contributed by atoms with Gasteiger partial charge in [-0.25, -0.2) is 13.2 Å². The molecule has 8 nitrogen and oxygen atoms in total. The second kappa shape index (κ2) is 8.49. The predicted octanol–water partition coefficient (Wildman–Crippen LogP) is 1.21. The molecule has 10 heteroatoms. The van der Waals surface area contributed by atoms with Gasteiger partial charge in [-0.2, -0.15) is 0 Å². The number of nitrogens with zero attached hydrogens (tertiary/aromatic N) is 2. The minimum atomic E-state index is -2.98. The molecule has 0 bridgehead atoms. The quantitative estimate of drug-likeness (QED) is 0.333. The summed E-state index contributed by atoms with van der Waals surface area (Å²) in [6.07, 6.45) is 2.80. The van der Waals surface area contributed by atoms with Crippen molar-refractivity contribution in [1.82, 2.24) is 15.5 Å². The van der Waals surface area contributed by atoms with Crippen molar-refractivity contribution in [2.45, 2.75) is 45.3 Å². The Morgan fingerprint density at radius 1 is 1.31 bits per heavy atom. The van der Waals surface area contributed by atoms with Crippen LogP contribution in [-0.4, -0.2) is 75.7 Å². The van der Waals surface area contributed by atoms with Crippen LogP contribution in [0.25, 0.3) is 0 Å². The van der Waals surface area contributed by atoms with E-state index in [9.17, 15) is 13.2 Å². The Morgan fingerprint density at radius 3 is 2.31 bits per heavy atom. The van der Waals surface area contributed by atoms with Crippen LogP contribution in [0.2, 0.25) is 0 Å². The third kappa shape index (κ3) is 7.45. The fourth-order valence-electron chi connectivity index (χ4n) is 2.81. The van der Waals surface area contributed by atoms with Gasteiger partial charge in [0.1, 0.15) is 15.4 Å². The summed E-state index contributed by atoms with van der Waals surface area (Å²) in [6, 6.07) is 0.115. The zero-order valence-electron chi connectivity index (χ0n) is 16.2. The van der Waals surface area contributed by atoms with Gasteiger partial charge in [-0.05, 0) is 33.6 Å². The fraction of sp³-hybridized carbons (Fsp3) is 0.875. The molecule has 0 aromatic carbocycles. The Morgan fingerprint density at radius 2 is 1.88 bits per heavy atom. The second-order valence-electron chi connectivity index (χ2n) is 8.22. The highest BCUT2D eigenvalue weighted by Gasteiger charge is 2.45. The van der Waals surface area contributed by atoms with Crippen LogP contribution < -0.4 is 10.6 Å². The van der Waals surface area contributed by atoms with E-state index in [1.54, 1.807) is 11.9 Å². The number of halogens is 1. The van der Waals surface area contributed by atoms with E-state index in [0.29, 0.717) is 25.6 Å². The van der Waals surface area contributed by atoms with Crippen LogP contribution in [0.1, 0.15) is 33.6 Å². The molecular weight excluding hydrogens is 471 g/mol. The molecule has 1 aliphatic heterocycles. The molecule has 0 atom stereocenters. The van der Waals surface area contributed by atoms with Crippen molar-refractivity contribution in [2.24, 2.45) is 10.4 Å². The van der Waals surface area contributed by atoms with Gasteiger partial charge in [-0.1, -0.05) is 0 Å². The van der Waals surface area contributed by atoms with Crippen LogP contribution >= 0.6 is 24.0 Å². The smallest absolute Gasteiger partial charge is 0.410 e. The lowest BCUT2D eigenvalue weighted by atomic mass is 10.1. The number of carbonyl (C=O) groups excluding carboxylic acids is 1. The van der Waals surface area contributed by atoms with E-state index in [2.05, 4.69) is 15.6 Å². The van der Waals surface area contributed by atoms with Crippen LogP contribution in [0.4, 0.5) is 4.79 Å². The number of likely N-dealkylation sites (tertiary alicyclic amines) is 1. The fourth-order valence-corrected chi connectivity index (χ4v) is 4.31. The third-order valence-corrected chi connectivity index (χ3v) is 5.39. The highest BCUT2D eigenvalue weighted by atomic mass is 127. The first-order valence-corrected chi connectivity index (χ1v) is 10.6. The first-order valence-electron chi connectivity index (χ1n) is 8.54. The number of sulfone groups is 1. The summed E-state index contributed by atoms with van der Waals surface area (Å²) >= 11 is 0. The molecule has 0 aromatic rings. The maximum Gasteiger partial charge on any atom is 0.410 e. The van der Waals surface area contributed by atoms with Crippen molar-refractivity contribution in [2.75, 3.05) is 38.7 Å². The van der Waals surface area contributed by atoms with Gasteiger partial charge in [0.2, 0.25) is 0 Å². The molecule has 1 aliphatic carbocycles. The van der Waals surface area contributed by atoms with Gasteiger partial charge < -0.3 is 20.3 Å². The summed E-state index contributed by atoms with van der Waals surface area (Å²) in [6.45, 7) is 7.24. The van der Waals surface area contributed by atoms with E-state index in [-0.39, 0.29) is 47.3 Å². The summed E-state index contributed by atoms with van der Waals surface area (Å²) in [4.78, 5) is 17.7. The Labute approximate surface area is 173 Å². The number of hydrogen-bond acceptors (Lipinski definition) is 5. The number of amides is 1. The van der Waals surface area contributed by atoms with E-state index < -0.39 is 15.4 Å². The van der Waals surface area contributed by atoms with Gasteiger partial charge in [0, 0.05) is 38.4 Å². The minimum Gasteiger partial charge on any atom is -0.444 e. The molecule has 1 amide bonds. The molecule has 1 saturated heterocycles. The monoisotopic (exact) mass is 502 g/mol. The molecule has 0 aromatic heterocycles. The van der Waals surface area contributed by atoms with Crippen LogP contribution in [-0.2, 0) is 14.6 Å². The lowest BCUT2D eigenvalue weighted by molar-refractivity contribution is 0.00701. The lowest BCUT2D eigenvalue weighted by Crippen LogP contribution is -2.63. The molecule has 2 N–H and O–H groups in total.